The monoisotopic (exact) mass is 393 g/mol. The predicted octanol–water partition coefficient (Wildman–Crippen LogP) is 2.13. The molecule has 0 aliphatic rings. The molecule has 2 amide bonds. The van der Waals surface area contributed by atoms with Gasteiger partial charge in [0.25, 0.3) is 0 Å². The van der Waals surface area contributed by atoms with E-state index in [1.165, 1.54) is 11.8 Å². The zero-order valence-corrected chi connectivity index (χ0v) is 16.2. The summed E-state index contributed by atoms with van der Waals surface area (Å²) in [6, 6.07) is 3.70. The number of thioether (sulfide) groups is 1. The second-order valence-electron chi connectivity index (χ2n) is 5.30. The number of carbonyl (C=O) groups is 2. The molecule has 0 unspecified atom stereocenters. The van der Waals surface area contributed by atoms with Gasteiger partial charge >= 0.3 is 6.09 Å². The van der Waals surface area contributed by atoms with Crippen molar-refractivity contribution >= 4 is 23.8 Å². The first-order valence-electron chi connectivity index (χ1n) is 8.66. The Morgan fingerprint density at radius 2 is 1.96 bits per heavy atom. The minimum atomic E-state index is -0.751. The normalized spacial score (nSPS) is 10.6. The molecule has 146 valence electrons. The van der Waals surface area contributed by atoms with E-state index in [4.69, 9.17) is 9.47 Å². The van der Waals surface area contributed by atoms with Crippen molar-refractivity contribution in [3.63, 3.8) is 0 Å². The summed E-state index contributed by atoms with van der Waals surface area (Å²) >= 11 is 1.21. The lowest BCUT2D eigenvalue weighted by molar-refractivity contribution is -0.117. The molecule has 0 fully saturated rings. The molecule has 0 aliphatic heterocycles. The number of rotatable bonds is 10. The molecule has 0 saturated carbocycles. The van der Waals surface area contributed by atoms with E-state index in [0.717, 1.165) is 12.0 Å². The molecule has 2 heterocycles. The Kier molecular flexibility index (Phi) is 8.72. The fourth-order valence-electron chi connectivity index (χ4n) is 2.23. The quantitative estimate of drug-likeness (QED) is 0.483. The maximum absolute atomic E-state index is 11.9. The van der Waals surface area contributed by atoms with Gasteiger partial charge in [-0.3, -0.25) is 15.1 Å². The van der Waals surface area contributed by atoms with Crippen LogP contribution < -0.4 is 5.32 Å². The van der Waals surface area contributed by atoms with E-state index >= 15 is 0 Å². The van der Waals surface area contributed by atoms with Crippen molar-refractivity contribution in [1.82, 2.24) is 25.1 Å². The molecule has 0 aliphatic carbocycles. The van der Waals surface area contributed by atoms with Crippen LogP contribution in [-0.2, 0) is 20.8 Å². The van der Waals surface area contributed by atoms with Crippen LogP contribution >= 0.6 is 11.8 Å². The molecule has 0 bridgehead atoms. The Morgan fingerprint density at radius 1 is 1.19 bits per heavy atom. The van der Waals surface area contributed by atoms with Gasteiger partial charge in [0.15, 0.2) is 11.0 Å². The number of hydrogen-bond acceptors (Lipinski definition) is 8. The Morgan fingerprint density at radius 3 is 2.67 bits per heavy atom. The second-order valence-corrected chi connectivity index (χ2v) is 6.24. The van der Waals surface area contributed by atoms with Gasteiger partial charge in [-0.25, -0.2) is 4.79 Å². The molecule has 2 aromatic rings. The molecule has 2 aromatic heterocycles. The maximum atomic E-state index is 11.9. The molecule has 0 radical (unpaired) electrons. The van der Waals surface area contributed by atoms with E-state index in [-0.39, 0.29) is 12.4 Å². The number of ether oxygens (including phenoxy) is 2. The molecule has 0 saturated heterocycles. The number of amides is 2. The highest BCUT2D eigenvalue weighted by Crippen LogP contribution is 2.24. The summed E-state index contributed by atoms with van der Waals surface area (Å²) in [5.74, 6) is 0.272. The Bertz CT molecular complexity index is 738. The van der Waals surface area contributed by atoms with Crippen molar-refractivity contribution in [3.05, 3.63) is 24.5 Å². The molecule has 2 rings (SSSR count). The molecule has 27 heavy (non-hydrogen) atoms. The average molecular weight is 393 g/mol. The van der Waals surface area contributed by atoms with E-state index in [2.05, 4.69) is 20.5 Å². The van der Waals surface area contributed by atoms with Crippen LogP contribution in [0, 0.1) is 0 Å². The zero-order valence-electron chi connectivity index (χ0n) is 15.4. The van der Waals surface area contributed by atoms with Crippen molar-refractivity contribution in [2.45, 2.75) is 32.0 Å². The number of carbonyl (C=O) groups excluding carboxylic acids is 2. The lowest BCUT2D eigenvalue weighted by Crippen LogP contribution is -2.32. The van der Waals surface area contributed by atoms with Crippen molar-refractivity contribution in [2.24, 2.45) is 0 Å². The lowest BCUT2D eigenvalue weighted by atomic mass is 10.2. The third-order valence-electron chi connectivity index (χ3n) is 3.38. The number of alkyl carbamates (subject to hydrolysis) is 1. The van der Waals surface area contributed by atoms with E-state index in [9.17, 15) is 9.59 Å². The molecule has 0 spiro atoms. The third kappa shape index (κ3) is 6.65. The molecule has 0 aromatic carbocycles. The Hall–Kier alpha value is -2.46. The van der Waals surface area contributed by atoms with Crippen LogP contribution in [0.2, 0.25) is 0 Å². The van der Waals surface area contributed by atoms with Crippen molar-refractivity contribution in [2.75, 3.05) is 25.6 Å². The zero-order chi connectivity index (χ0) is 19.5. The Balaban J connectivity index is 2.07. The number of aromatic nitrogens is 4. The van der Waals surface area contributed by atoms with Crippen LogP contribution in [0.1, 0.15) is 20.3 Å². The topological polar surface area (TPSA) is 108 Å². The van der Waals surface area contributed by atoms with Gasteiger partial charge in [0.1, 0.15) is 0 Å². The number of hydrogen-bond donors (Lipinski definition) is 1. The maximum Gasteiger partial charge on any atom is 0.413 e. The van der Waals surface area contributed by atoms with Gasteiger partial charge in [0, 0.05) is 37.7 Å². The average Bonchev–Trinajstić information content (AvgIpc) is 3.07. The van der Waals surface area contributed by atoms with E-state index in [1.807, 2.05) is 23.6 Å². The fraction of sp³-hybridized carbons (Fsp3) is 0.471. The number of pyridine rings is 1. The van der Waals surface area contributed by atoms with Gasteiger partial charge in [0.2, 0.25) is 5.91 Å². The number of imide groups is 1. The van der Waals surface area contributed by atoms with Crippen molar-refractivity contribution < 1.29 is 19.1 Å². The first kappa shape index (κ1) is 20.8. The van der Waals surface area contributed by atoms with Crippen LogP contribution in [0.3, 0.4) is 0 Å². The molecular weight excluding hydrogens is 370 g/mol. The molecule has 0 atom stereocenters. The standard InChI is InChI=1S/C17H23N5O4S/c1-3-25-11-5-10-22-15(13-6-8-18-9-7-13)20-21-16(22)27-12-14(23)19-17(24)26-4-2/h6-9H,3-5,10-12H2,1-2H3,(H,19,23,24). The summed E-state index contributed by atoms with van der Waals surface area (Å²) in [6.07, 6.45) is 3.41. The number of nitrogens with zero attached hydrogens (tertiary/aromatic N) is 4. The van der Waals surface area contributed by atoms with Crippen LogP contribution in [0.5, 0.6) is 0 Å². The van der Waals surface area contributed by atoms with Crippen LogP contribution in [-0.4, -0.2) is 57.3 Å². The molecular formula is C17H23N5O4S. The third-order valence-corrected chi connectivity index (χ3v) is 4.35. The van der Waals surface area contributed by atoms with Gasteiger partial charge in [0.05, 0.1) is 12.4 Å². The van der Waals surface area contributed by atoms with Crippen LogP contribution in [0.15, 0.2) is 29.7 Å². The largest absolute Gasteiger partial charge is 0.450 e. The highest BCUT2D eigenvalue weighted by atomic mass is 32.2. The van der Waals surface area contributed by atoms with Crippen LogP contribution in [0.4, 0.5) is 4.79 Å². The van der Waals surface area contributed by atoms with Crippen LogP contribution in [0.25, 0.3) is 11.4 Å². The minimum absolute atomic E-state index is 0.0265. The van der Waals surface area contributed by atoms with Gasteiger partial charge in [-0.05, 0) is 32.4 Å². The number of nitrogens with one attached hydrogen (secondary N) is 1. The van der Waals surface area contributed by atoms with E-state index in [0.29, 0.717) is 30.7 Å². The smallest absolute Gasteiger partial charge is 0.413 e. The highest BCUT2D eigenvalue weighted by molar-refractivity contribution is 7.99. The molecule has 9 nitrogen and oxygen atoms in total. The predicted molar refractivity (Wildman–Crippen MR) is 100 cm³/mol. The van der Waals surface area contributed by atoms with E-state index in [1.54, 1.807) is 19.3 Å². The summed E-state index contributed by atoms with van der Waals surface area (Å²) in [7, 11) is 0. The van der Waals surface area contributed by atoms with Gasteiger partial charge in [-0.15, -0.1) is 10.2 Å². The minimum Gasteiger partial charge on any atom is -0.450 e. The first-order chi connectivity index (χ1) is 13.2. The summed E-state index contributed by atoms with van der Waals surface area (Å²) < 4.78 is 12.0. The lowest BCUT2D eigenvalue weighted by Gasteiger charge is -2.10. The summed E-state index contributed by atoms with van der Waals surface area (Å²) in [4.78, 5) is 27.2. The summed E-state index contributed by atoms with van der Waals surface area (Å²) in [6.45, 7) is 5.75. The van der Waals surface area contributed by atoms with Gasteiger partial charge in [-0.1, -0.05) is 11.8 Å². The summed E-state index contributed by atoms with van der Waals surface area (Å²) in [5, 5.41) is 11.2. The van der Waals surface area contributed by atoms with Crippen molar-refractivity contribution in [3.8, 4) is 11.4 Å². The highest BCUT2D eigenvalue weighted by Gasteiger charge is 2.16. The Labute approximate surface area is 161 Å². The van der Waals surface area contributed by atoms with Gasteiger partial charge < -0.3 is 14.0 Å². The van der Waals surface area contributed by atoms with Crippen molar-refractivity contribution in [1.29, 1.82) is 0 Å². The SMILES string of the molecule is CCOCCCn1c(SCC(=O)NC(=O)OCC)nnc1-c1ccncc1. The van der Waals surface area contributed by atoms with E-state index < -0.39 is 12.0 Å². The molecule has 10 heteroatoms. The first-order valence-corrected chi connectivity index (χ1v) is 9.65. The fourth-order valence-corrected chi connectivity index (χ4v) is 2.99. The summed E-state index contributed by atoms with van der Waals surface area (Å²) in [5.41, 5.74) is 0.886. The second kappa shape index (κ2) is 11.3. The van der Waals surface area contributed by atoms with Gasteiger partial charge in [-0.2, -0.15) is 0 Å². The molecule has 1 N–H and O–H groups in total.